The van der Waals surface area contributed by atoms with Crippen LogP contribution in [0.2, 0.25) is 5.02 Å². The van der Waals surface area contributed by atoms with Crippen LogP contribution >= 0.6 is 23.4 Å². The Morgan fingerprint density at radius 1 is 1.42 bits per heavy atom. The van der Waals surface area contributed by atoms with E-state index in [1.165, 1.54) is 18.2 Å². The highest BCUT2D eigenvalue weighted by atomic mass is 35.5. The van der Waals surface area contributed by atoms with Crippen LogP contribution in [0.25, 0.3) is 0 Å². The molecular weight excluding hydrogens is 288 g/mol. The van der Waals surface area contributed by atoms with Crippen molar-refractivity contribution < 1.29 is 14.7 Å². The number of carboxylic acid groups (broad SMARTS) is 1. The van der Waals surface area contributed by atoms with E-state index >= 15 is 0 Å². The van der Waals surface area contributed by atoms with Gasteiger partial charge in [-0.05, 0) is 36.6 Å². The summed E-state index contributed by atoms with van der Waals surface area (Å²) in [5, 5.41) is 14.4. The number of aromatic carboxylic acids is 1. The molecule has 0 atom stereocenters. The minimum atomic E-state index is -1.07. The highest BCUT2D eigenvalue weighted by Crippen LogP contribution is 2.22. The van der Waals surface area contributed by atoms with Gasteiger partial charge in [0.15, 0.2) is 0 Å². The Balaban J connectivity index is 2.58. The predicted octanol–water partition coefficient (Wildman–Crippen LogP) is 2.91. The first kappa shape index (κ1) is 15.7. The number of carboxylic acids is 1. The smallest absolute Gasteiger partial charge is 0.335 e. The summed E-state index contributed by atoms with van der Waals surface area (Å²) in [6.45, 7) is 0.558. The second-order valence-electron chi connectivity index (χ2n) is 3.73. The molecule has 0 fully saturated rings. The van der Waals surface area contributed by atoms with Crippen LogP contribution < -0.4 is 10.6 Å². The number of benzene rings is 1. The van der Waals surface area contributed by atoms with Crippen LogP contribution in [-0.2, 0) is 0 Å². The summed E-state index contributed by atoms with van der Waals surface area (Å²) in [6.07, 6.45) is 2.87. The van der Waals surface area contributed by atoms with Crippen LogP contribution in [0.1, 0.15) is 16.8 Å². The van der Waals surface area contributed by atoms with Crippen LogP contribution in [0.4, 0.5) is 10.5 Å². The molecule has 1 rings (SSSR count). The molecule has 0 radical (unpaired) electrons. The van der Waals surface area contributed by atoms with Crippen LogP contribution in [0, 0.1) is 0 Å². The number of rotatable bonds is 6. The molecule has 104 valence electrons. The first-order valence-corrected chi connectivity index (χ1v) is 7.38. The normalized spacial score (nSPS) is 10.0. The Bertz CT molecular complexity index is 468. The highest BCUT2D eigenvalue weighted by Gasteiger charge is 2.09. The fourth-order valence-electron chi connectivity index (χ4n) is 1.34. The number of amides is 2. The maximum atomic E-state index is 11.6. The topological polar surface area (TPSA) is 78.4 Å². The van der Waals surface area contributed by atoms with Crippen molar-refractivity contribution in [3.05, 3.63) is 28.8 Å². The first-order valence-electron chi connectivity index (χ1n) is 5.61. The summed E-state index contributed by atoms with van der Waals surface area (Å²) < 4.78 is 0. The van der Waals surface area contributed by atoms with Crippen molar-refractivity contribution in [2.75, 3.05) is 23.9 Å². The lowest BCUT2D eigenvalue weighted by atomic mass is 10.2. The van der Waals surface area contributed by atoms with Gasteiger partial charge in [0.05, 0.1) is 16.3 Å². The van der Waals surface area contributed by atoms with Gasteiger partial charge < -0.3 is 15.7 Å². The molecule has 0 aliphatic heterocycles. The first-order chi connectivity index (χ1) is 9.04. The van der Waals surface area contributed by atoms with Crippen LogP contribution in [0.3, 0.4) is 0 Å². The van der Waals surface area contributed by atoms with Gasteiger partial charge in [-0.1, -0.05) is 11.6 Å². The molecule has 0 heterocycles. The monoisotopic (exact) mass is 302 g/mol. The van der Waals surface area contributed by atoms with E-state index in [9.17, 15) is 9.59 Å². The van der Waals surface area contributed by atoms with Crippen molar-refractivity contribution in [3.8, 4) is 0 Å². The van der Waals surface area contributed by atoms with Crippen molar-refractivity contribution in [1.82, 2.24) is 5.32 Å². The Morgan fingerprint density at radius 3 is 2.79 bits per heavy atom. The molecule has 7 heteroatoms. The van der Waals surface area contributed by atoms with E-state index in [2.05, 4.69) is 10.6 Å². The summed E-state index contributed by atoms with van der Waals surface area (Å²) in [7, 11) is 0. The third-order valence-electron chi connectivity index (χ3n) is 2.27. The van der Waals surface area contributed by atoms with E-state index in [-0.39, 0.29) is 11.3 Å². The molecule has 19 heavy (non-hydrogen) atoms. The van der Waals surface area contributed by atoms with Crippen molar-refractivity contribution in [1.29, 1.82) is 0 Å². The maximum absolute atomic E-state index is 11.6. The number of hydrogen-bond acceptors (Lipinski definition) is 3. The molecule has 2 amide bonds. The number of hydrogen-bond donors (Lipinski definition) is 3. The molecule has 0 aliphatic rings. The van der Waals surface area contributed by atoms with Crippen molar-refractivity contribution in [2.45, 2.75) is 6.42 Å². The molecular formula is C12H15ClN2O3S. The van der Waals surface area contributed by atoms with Crippen molar-refractivity contribution in [2.24, 2.45) is 0 Å². The number of carbonyl (C=O) groups excluding carboxylic acids is 1. The number of carbonyl (C=O) groups is 2. The van der Waals surface area contributed by atoms with Crippen molar-refractivity contribution >= 4 is 41.1 Å². The fraction of sp³-hybridized carbons (Fsp3) is 0.333. The molecule has 1 aromatic rings. The Kier molecular flexibility index (Phi) is 6.52. The quantitative estimate of drug-likeness (QED) is 0.706. The Labute approximate surface area is 120 Å². The molecule has 0 saturated heterocycles. The van der Waals surface area contributed by atoms with E-state index < -0.39 is 12.0 Å². The molecule has 5 nitrogen and oxygen atoms in total. The largest absolute Gasteiger partial charge is 0.478 e. The van der Waals surface area contributed by atoms with E-state index in [1.54, 1.807) is 11.8 Å². The predicted molar refractivity (Wildman–Crippen MR) is 78.4 cm³/mol. The molecule has 0 unspecified atom stereocenters. The molecule has 3 N–H and O–H groups in total. The van der Waals surface area contributed by atoms with Gasteiger partial charge in [0.25, 0.3) is 0 Å². The lowest BCUT2D eigenvalue weighted by Crippen LogP contribution is -2.30. The summed E-state index contributed by atoms with van der Waals surface area (Å²) >= 11 is 7.60. The fourth-order valence-corrected chi connectivity index (χ4v) is 1.94. The van der Waals surface area contributed by atoms with E-state index in [1.807, 2.05) is 6.26 Å². The number of nitrogens with one attached hydrogen (secondary N) is 2. The Morgan fingerprint density at radius 2 is 2.16 bits per heavy atom. The minimum Gasteiger partial charge on any atom is -0.478 e. The minimum absolute atomic E-state index is 0.0714. The lowest BCUT2D eigenvalue weighted by molar-refractivity contribution is 0.0697. The van der Waals surface area contributed by atoms with Gasteiger partial charge in [0.2, 0.25) is 0 Å². The number of halogens is 1. The van der Waals surface area contributed by atoms with Gasteiger partial charge in [0.1, 0.15) is 0 Å². The highest BCUT2D eigenvalue weighted by molar-refractivity contribution is 7.98. The number of thioether (sulfide) groups is 1. The van der Waals surface area contributed by atoms with Gasteiger partial charge >= 0.3 is 12.0 Å². The van der Waals surface area contributed by atoms with E-state index in [0.717, 1.165) is 12.2 Å². The van der Waals surface area contributed by atoms with E-state index in [0.29, 0.717) is 11.6 Å². The number of anilines is 1. The summed E-state index contributed by atoms with van der Waals surface area (Å²) in [5.74, 6) is -0.102. The molecule has 0 saturated carbocycles. The van der Waals surface area contributed by atoms with E-state index in [4.69, 9.17) is 16.7 Å². The van der Waals surface area contributed by atoms with Crippen LogP contribution in [0.5, 0.6) is 0 Å². The lowest BCUT2D eigenvalue weighted by Gasteiger charge is -2.09. The van der Waals surface area contributed by atoms with Crippen LogP contribution in [0.15, 0.2) is 18.2 Å². The third kappa shape index (κ3) is 5.40. The zero-order chi connectivity index (χ0) is 14.3. The van der Waals surface area contributed by atoms with Gasteiger partial charge in [-0.15, -0.1) is 0 Å². The summed E-state index contributed by atoms with van der Waals surface area (Å²) in [4.78, 5) is 22.4. The standard InChI is InChI=1S/C12H15ClN2O3S/c1-19-6-2-5-14-12(18)15-10-7-8(11(16)17)3-4-9(10)13/h3-4,7H,2,5-6H2,1H3,(H,16,17)(H2,14,15,18). The van der Waals surface area contributed by atoms with Crippen molar-refractivity contribution in [3.63, 3.8) is 0 Å². The molecule has 0 aromatic heterocycles. The maximum Gasteiger partial charge on any atom is 0.335 e. The molecule has 1 aromatic carbocycles. The SMILES string of the molecule is CSCCCNC(=O)Nc1cc(C(=O)O)ccc1Cl. The third-order valence-corrected chi connectivity index (χ3v) is 3.30. The average Bonchev–Trinajstić information content (AvgIpc) is 2.37. The second-order valence-corrected chi connectivity index (χ2v) is 5.12. The van der Waals surface area contributed by atoms with Gasteiger partial charge in [0, 0.05) is 6.54 Å². The zero-order valence-electron chi connectivity index (χ0n) is 10.4. The van der Waals surface area contributed by atoms with Gasteiger partial charge in [-0.2, -0.15) is 11.8 Å². The summed E-state index contributed by atoms with van der Waals surface area (Å²) in [6, 6.07) is 3.75. The molecule has 0 aliphatic carbocycles. The molecule has 0 spiro atoms. The van der Waals surface area contributed by atoms with Gasteiger partial charge in [-0.25, -0.2) is 9.59 Å². The second kappa shape index (κ2) is 7.91. The molecule has 0 bridgehead atoms. The Hall–Kier alpha value is -1.40. The summed E-state index contributed by atoms with van der Waals surface area (Å²) in [5.41, 5.74) is 0.353. The number of urea groups is 1. The zero-order valence-corrected chi connectivity index (χ0v) is 12.0. The van der Waals surface area contributed by atoms with Crippen LogP contribution in [-0.4, -0.2) is 35.7 Å². The average molecular weight is 303 g/mol. The van der Waals surface area contributed by atoms with Gasteiger partial charge in [-0.3, -0.25) is 0 Å².